The Balaban J connectivity index is 2.88. The smallest absolute Gasteiger partial charge is 0.275 e. The van der Waals surface area contributed by atoms with Crippen molar-refractivity contribution in [2.24, 2.45) is 0 Å². The third-order valence-corrected chi connectivity index (χ3v) is 2.60. The van der Waals surface area contributed by atoms with E-state index in [1.165, 1.54) is 4.52 Å². The Hall–Kier alpha value is -1.29. The van der Waals surface area contributed by atoms with Crippen LogP contribution in [0.2, 0.25) is 5.15 Å². The molecular formula is C10H12ClN3O. The van der Waals surface area contributed by atoms with Crippen LogP contribution in [0.1, 0.15) is 31.2 Å². The molecule has 4 nitrogen and oxygen atoms in total. The fraction of sp³-hybridized carbons (Fsp3) is 0.400. The highest BCUT2D eigenvalue weighted by molar-refractivity contribution is 6.30. The molecule has 0 aliphatic carbocycles. The number of aryl methyl sites for hydroxylation is 1. The van der Waals surface area contributed by atoms with E-state index in [4.69, 9.17) is 11.6 Å². The lowest BCUT2D eigenvalue weighted by molar-refractivity contribution is 0.712. The topological polar surface area (TPSA) is 50.2 Å². The van der Waals surface area contributed by atoms with Gasteiger partial charge in [0.1, 0.15) is 16.5 Å². The van der Waals surface area contributed by atoms with Crippen LogP contribution in [0.15, 0.2) is 10.9 Å². The molecule has 0 spiro atoms. The van der Waals surface area contributed by atoms with Crippen LogP contribution >= 0.6 is 11.6 Å². The summed E-state index contributed by atoms with van der Waals surface area (Å²) in [7, 11) is 0. The predicted molar refractivity (Wildman–Crippen MR) is 59.6 cm³/mol. The molecule has 0 amide bonds. The Kier molecular flexibility index (Phi) is 2.31. The number of H-pyrrole nitrogens is 1. The quantitative estimate of drug-likeness (QED) is 0.808. The number of rotatable bonds is 1. The molecule has 0 aliphatic rings. The predicted octanol–water partition coefficient (Wildman–Crippen LogP) is 2.11. The van der Waals surface area contributed by atoms with Gasteiger partial charge in [-0.25, -0.2) is 4.52 Å². The largest absolute Gasteiger partial charge is 0.307 e. The molecule has 0 radical (unpaired) electrons. The molecule has 0 atom stereocenters. The van der Waals surface area contributed by atoms with Crippen molar-refractivity contribution in [3.63, 3.8) is 0 Å². The number of nitrogens with zero attached hydrogens (tertiary/aromatic N) is 2. The fourth-order valence-electron chi connectivity index (χ4n) is 1.52. The van der Waals surface area contributed by atoms with Crippen molar-refractivity contribution in [2.75, 3.05) is 0 Å². The first-order valence-corrected chi connectivity index (χ1v) is 5.16. The number of halogens is 1. The first-order valence-electron chi connectivity index (χ1n) is 4.78. The number of hydrogen-bond acceptors (Lipinski definition) is 2. The van der Waals surface area contributed by atoms with E-state index >= 15 is 0 Å². The van der Waals surface area contributed by atoms with E-state index in [2.05, 4.69) is 10.1 Å². The van der Waals surface area contributed by atoms with Gasteiger partial charge < -0.3 is 4.98 Å². The molecule has 0 saturated carbocycles. The lowest BCUT2D eigenvalue weighted by Gasteiger charge is -2.04. The van der Waals surface area contributed by atoms with E-state index < -0.39 is 0 Å². The summed E-state index contributed by atoms with van der Waals surface area (Å²) in [6.45, 7) is 5.77. The molecule has 2 rings (SSSR count). The van der Waals surface area contributed by atoms with Gasteiger partial charge in [-0.3, -0.25) is 4.79 Å². The highest BCUT2D eigenvalue weighted by atomic mass is 35.5. The van der Waals surface area contributed by atoms with Crippen molar-refractivity contribution in [3.8, 4) is 0 Å². The molecule has 2 aromatic heterocycles. The summed E-state index contributed by atoms with van der Waals surface area (Å²) >= 11 is 5.97. The summed E-state index contributed by atoms with van der Waals surface area (Å²) in [4.78, 5) is 14.5. The lowest BCUT2D eigenvalue weighted by Crippen LogP contribution is -2.17. The molecule has 0 aromatic carbocycles. The summed E-state index contributed by atoms with van der Waals surface area (Å²) in [5.74, 6) is 0.811. The number of aromatic nitrogens is 3. The highest BCUT2D eigenvalue weighted by Crippen LogP contribution is 2.17. The second kappa shape index (κ2) is 3.38. The van der Waals surface area contributed by atoms with Crippen molar-refractivity contribution < 1.29 is 0 Å². The number of fused-ring (bicyclic) bond motifs is 1. The molecule has 0 fully saturated rings. The minimum absolute atomic E-state index is 0.141. The average molecular weight is 226 g/mol. The van der Waals surface area contributed by atoms with Gasteiger partial charge in [-0.05, 0) is 18.6 Å². The third-order valence-electron chi connectivity index (χ3n) is 2.33. The van der Waals surface area contributed by atoms with Gasteiger partial charge in [0.25, 0.3) is 5.56 Å². The summed E-state index contributed by atoms with van der Waals surface area (Å²) < 4.78 is 1.49. The third kappa shape index (κ3) is 1.55. The van der Waals surface area contributed by atoms with Gasteiger partial charge in [0.2, 0.25) is 0 Å². The van der Waals surface area contributed by atoms with E-state index in [1.54, 1.807) is 6.07 Å². The van der Waals surface area contributed by atoms with Gasteiger partial charge in [0.15, 0.2) is 0 Å². The molecule has 0 bridgehead atoms. The van der Waals surface area contributed by atoms with Crippen molar-refractivity contribution in [1.29, 1.82) is 0 Å². The minimum atomic E-state index is -0.141. The molecule has 5 heteroatoms. The molecule has 0 unspecified atom stereocenters. The number of hydrogen-bond donors (Lipinski definition) is 1. The first-order chi connectivity index (χ1) is 7.00. The van der Waals surface area contributed by atoms with Gasteiger partial charge in [0, 0.05) is 5.92 Å². The zero-order chi connectivity index (χ0) is 11.2. The fourth-order valence-corrected chi connectivity index (χ4v) is 1.81. The number of nitrogens with one attached hydrogen (secondary N) is 1. The van der Waals surface area contributed by atoms with Crippen LogP contribution in [0.3, 0.4) is 0 Å². The maximum absolute atomic E-state index is 11.8. The Morgan fingerprint density at radius 2 is 2.20 bits per heavy atom. The van der Waals surface area contributed by atoms with Crippen LogP contribution in [0.5, 0.6) is 0 Å². The first kappa shape index (κ1) is 10.2. The van der Waals surface area contributed by atoms with Crippen molar-refractivity contribution in [2.45, 2.75) is 26.7 Å². The normalized spacial score (nSPS) is 11.5. The maximum Gasteiger partial charge on any atom is 0.275 e. The van der Waals surface area contributed by atoms with Gasteiger partial charge in [-0.1, -0.05) is 25.4 Å². The van der Waals surface area contributed by atoms with E-state index in [9.17, 15) is 4.79 Å². The average Bonchev–Trinajstić information content (AvgIpc) is 2.42. The van der Waals surface area contributed by atoms with Crippen molar-refractivity contribution in [3.05, 3.63) is 33.0 Å². The van der Waals surface area contributed by atoms with Gasteiger partial charge >= 0.3 is 0 Å². The minimum Gasteiger partial charge on any atom is -0.307 e. The summed E-state index contributed by atoms with van der Waals surface area (Å²) in [6, 6.07) is 1.74. The maximum atomic E-state index is 11.8. The second-order valence-corrected chi connectivity index (χ2v) is 4.29. The Labute approximate surface area is 91.9 Å². The summed E-state index contributed by atoms with van der Waals surface area (Å²) in [5, 5.41) is 4.75. The molecular weight excluding hydrogens is 214 g/mol. The van der Waals surface area contributed by atoms with Gasteiger partial charge in [0.05, 0.1) is 0 Å². The molecule has 80 valence electrons. The van der Waals surface area contributed by atoms with Crippen LogP contribution in [0.4, 0.5) is 0 Å². The lowest BCUT2D eigenvalue weighted by atomic mass is 10.2. The molecule has 0 aliphatic heterocycles. The van der Waals surface area contributed by atoms with E-state index in [-0.39, 0.29) is 11.5 Å². The van der Waals surface area contributed by atoms with Crippen molar-refractivity contribution in [1.82, 2.24) is 14.6 Å². The van der Waals surface area contributed by atoms with E-state index in [0.717, 1.165) is 5.56 Å². The SMILES string of the molecule is Cc1cc(Cl)n2nc(C(C)C)[nH]c(=O)c12. The molecule has 0 saturated heterocycles. The standard InChI is InChI=1S/C10H12ClN3O/c1-5(2)9-12-10(15)8-6(3)4-7(11)14(8)13-9/h4-5H,1-3H3,(H,12,13,15). The molecule has 15 heavy (non-hydrogen) atoms. The molecule has 2 aromatic rings. The number of aromatic amines is 1. The Morgan fingerprint density at radius 1 is 1.53 bits per heavy atom. The monoisotopic (exact) mass is 225 g/mol. The summed E-state index contributed by atoms with van der Waals surface area (Å²) in [5.41, 5.74) is 1.21. The van der Waals surface area contributed by atoms with Crippen LogP contribution in [-0.4, -0.2) is 14.6 Å². The van der Waals surface area contributed by atoms with Gasteiger partial charge in [-0.2, -0.15) is 5.10 Å². The van der Waals surface area contributed by atoms with Crippen LogP contribution in [-0.2, 0) is 0 Å². The second-order valence-electron chi connectivity index (χ2n) is 3.90. The molecule has 2 heterocycles. The highest BCUT2D eigenvalue weighted by Gasteiger charge is 2.12. The Bertz CT molecular complexity index is 568. The summed E-state index contributed by atoms with van der Waals surface area (Å²) in [6.07, 6.45) is 0. The van der Waals surface area contributed by atoms with Crippen molar-refractivity contribution >= 4 is 17.1 Å². The van der Waals surface area contributed by atoms with Crippen LogP contribution in [0.25, 0.3) is 5.52 Å². The zero-order valence-corrected chi connectivity index (χ0v) is 9.59. The van der Waals surface area contributed by atoms with Crippen LogP contribution < -0.4 is 5.56 Å². The van der Waals surface area contributed by atoms with E-state index in [1.807, 2.05) is 20.8 Å². The zero-order valence-electron chi connectivity index (χ0n) is 8.84. The van der Waals surface area contributed by atoms with Gasteiger partial charge in [-0.15, -0.1) is 0 Å². The van der Waals surface area contributed by atoms with Crippen LogP contribution in [0, 0.1) is 6.92 Å². The Morgan fingerprint density at radius 3 is 2.80 bits per heavy atom. The van der Waals surface area contributed by atoms with E-state index in [0.29, 0.717) is 16.5 Å². The molecule has 1 N–H and O–H groups in total.